The van der Waals surface area contributed by atoms with Crippen LogP contribution in [0.4, 0.5) is 0 Å². The Morgan fingerprint density at radius 3 is 2.38 bits per heavy atom. The minimum absolute atomic E-state index is 0.202. The van der Waals surface area contributed by atoms with Crippen molar-refractivity contribution < 1.29 is 5.11 Å². The molecule has 0 saturated carbocycles. The molecular weight excluding hydrogens is 180 g/mol. The molecule has 0 saturated heterocycles. The van der Waals surface area contributed by atoms with Gasteiger partial charge in [0.1, 0.15) is 0 Å². The lowest BCUT2D eigenvalue weighted by atomic mass is 10.0. The fourth-order valence-electron chi connectivity index (χ4n) is 1.21. The number of aliphatic hydroxyl groups excluding tert-OH is 1. The van der Waals surface area contributed by atoms with E-state index in [1.54, 1.807) is 0 Å². The van der Waals surface area contributed by atoms with E-state index >= 15 is 0 Å². The quantitative estimate of drug-likeness (QED) is 0.788. The molecule has 2 atom stereocenters. The Balaban J connectivity index is 2.53. The van der Waals surface area contributed by atoms with Crippen LogP contribution in [-0.2, 0) is 12.8 Å². The Morgan fingerprint density at radius 2 is 1.92 bits per heavy atom. The van der Waals surface area contributed by atoms with Crippen LogP contribution in [0.1, 0.15) is 30.5 Å². The Hall–Kier alpha value is -0.340. The van der Waals surface area contributed by atoms with Gasteiger partial charge in [-0.15, -0.1) is 11.3 Å². The molecule has 2 unspecified atom stereocenters. The molecular formula is C11H18OS. The summed E-state index contributed by atoms with van der Waals surface area (Å²) in [5.41, 5.74) is 0. The van der Waals surface area contributed by atoms with E-state index in [2.05, 4.69) is 26.0 Å². The van der Waals surface area contributed by atoms with Gasteiger partial charge in [-0.2, -0.15) is 0 Å². The predicted octanol–water partition coefficient (Wildman–Crippen LogP) is 2.87. The van der Waals surface area contributed by atoms with Crippen molar-refractivity contribution in [2.45, 2.75) is 39.7 Å². The van der Waals surface area contributed by atoms with Crippen molar-refractivity contribution in [2.75, 3.05) is 0 Å². The molecule has 0 fully saturated rings. The molecule has 1 N–H and O–H groups in total. The molecule has 13 heavy (non-hydrogen) atoms. The van der Waals surface area contributed by atoms with E-state index in [-0.39, 0.29) is 6.10 Å². The van der Waals surface area contributed by atoms with Crippen molar-refractivity contribution in [1.82, 2.24) is 0 Å². The number of thiophene rings is 1. The van der Waals surface area contributed by atoms with Crippen LogP contribution in [0, 0.1) is 5.92 Å². The molecule has 0 aliphatic heterocycles. The molecule has 1 aromatic rings. The molecule has 0 aliphatic carbocycles. The van der Waals surface area contributed by atoms with E-state index in [9.17, 15) is 5.11 Å². The lowest BCUT2D eigenvalue weighted by Crippen LogP contribution is -2.14. The van der Waals surface area contributed by atoms with E-state index in [0.29, 0.717) is 5.92 Å². The highest BCUT2D eigenvalue weighted by Crippen LogP contribution is 2.21. The first-order valence-corrected chi connectivity index (χ1v) is 5.70. The van der Waals surface area contributed by atoms with E-state index in [1.165, 1.54) is 9.75 Å². The Kier molecular flexibility index (Phi) is 3.94. The smallest absolute Gasteiger partial charge is 0.0541 e. The van der Waals surface area contributed by atoms with Gasteiger partial charge in [0.15, 0.2) is 0 Å². The van der Waals surface area contributed by atoms with Gasteiger partial charge in [-0.25, -0.2) is 0 Å². The lowest BCUT2D eigenvalue weighted by Gasteiger charge is -2.12. The summed E-state index contributed by atoms with van der Waals surface area (Å²) in [6.07, 6.45) is 1.92. The standard InChI is InChI=1S/C11H18OS/c1-4-10-5-6-11(13-10)7-8(2)9(3)12/h5-6,8-9,12H,4,7H2,1-3H3. The first-order valence-electron chi connectivity index (χ1n) is 4.89. The number of rotatable bonds is 4. The van der Waals surface area contributed by atoms with Gasteiger partial charge in [0.05, 0.1) is 6.10 Å². The first-order chi connectivity index (χ1) is 6.13. The second-order valence-electron chi connectivity index (χ2n) is 3.64. The van der Waals surface area contributed by atoms with Gasteiger partial charge in [0, 0.05) is 9.75 Å². The third-order valence-electron chi connectivity index (χ3n) is 2.41. The molecule has 0 aliphatic rings. The van der Waals surface area contributed by atoms with Crippen molar-refractivity contribution in [3.05, 3.63) is 21.9 Å². The van der Waals surface area contributed by atoms with Gasteiger partial charge in [0.2, 0.25) is 0 Å². The van der Waals surface area contributed by atoms with Crippen LogP contribution in [0.3, 0.4) is 0 Å². The molecule has 0 bridgehead atoms. The van der Waals surface area contributed by atoms with Crippen LogP contribution in [-0.4, -0.2) is 11.2 Å². The summed E-state index contributed by atoms with van der Waals surface area (Å²) in [5.74, 6) is 0.364. The van der Waals surface area contributed by atoms with Crippen molar-refractivity contribution >= 4 is 11.3 Å². The molecule has 0 radical (unpaired) electrons. The summed E-state index contributed by atoms with van der Waals surface area (Å²) < 4.78 is 0. The molecule has 1 heterocycles. The largest absolute Gasteiger partial charge is 0.393 e. The van der Waals surface area contributed by atoms with E-state index in [1.807, 2.05) is 18.3 Å². The highest BCUT2D eigenvalue weighted by molar-refractivity contribution is 7.11. The number of hydrogen-bond donors (Lipinski definition) is 1. The van der Waals surface area contributed by atoms with Crippen LogP contribution < -0.4 is 0 Å². The minimum Gasteiger partial charge on any atom is -0.393 e. The Labute approximate surface area is 84.4 Å². The molecule has 1 nitrogen and oxygen atoms in total. The highest BCUT2D eigenvalue weighted by Gasteiger charge is 2.10. The summed E-state index contributed by atoms with van der Waals surface area (Å²) in [5, 5.41) is 9.35. The Bertz CT molecular complexity index is 252. The van der Waals surface area contributed by atoms with Crippen LogP contribution in [0.5, 0.6) is 0 Å². The average Bonchev–Trinajstić information content (AvgIpc) is 2.52. The van der Waals surface area contributed by atoms with Gasteiger partial charge in [-0.3, -0.25) is 0 Å². The summed E-state index contributed by atoms with van der Waals surface area (Å²) in [4.78, 5) is 2.83. The third-order valence-corrected chi connectivity index (χ3v) is 3.66. The fraction of sp³-hybridized carbons (Fsp3) is 0.636. The predicted molar refractivity (Wildman–Crippen MR) is 58.2 cm³/mol. The van der Waals surface area contributed by atoms with Crippen LogP contribution in [0.25, 0.3) is 0 Å². The topological polar surface area (TPSA) is 20.2 Å². The zero-order valence-corrected chi connectivity index (χ0v) is 9.40. The zero-order valence-electron chi connectivity index (χ0n) is 8.58. The number of aryl methyl sites for hydroxylation is 1. The summed E-state index contributed by atoms with van der Waals surface area (Å²) in [6, 6.07) is 4.37. The first kappa shape index (κ1) is 10.7. The molecule has 1 aromatic heterocycles. The highest BCUT2D eigenvalue weighted by atomic mass is 32.1. The maximum Gasteiger partial charge on any atom is 0.0541 e. The zero-order chi connectivity index (χ0) is 9.84. The number of aliphatic hydroxyl groups is 1. The van der Waals surface area contributed by atoms with Crippen molar-refractivity contribution in [3.8, 4) is 0 Å². The van der Waals surface area contributed by atoms with E-state index in [4.69, 9.17) is 0 Å². The minimum atomic E-state index is -0.202. The second kappa shape index (κ2) is 4.77. The summed E-state index contributed by atoms with van der Waals surface area (Å²) in [7, 11) is 0. The maximum absolute atomic E-state index is 9.35. The van der Waals surface area contributed by atoms with Crippen LogP contribution in [0.2, 0.25) is 0 Å². The van der Waals surface area contributed by atoms with E-state index < -0.39 is 0 Å². The van der Waals surface area contributed by atoms with Gasteiger partial charge in [-0.1, -0.05) is 13.8 Å². The van der Waals surface area contributed by atoms with Crippen LogP contribution in [0.15, 0.2) is 12.1 Å². The maximum atomic E-state index is 9.35. The molecule has 0 amide bonds. The normalized spacial score (nSPS) is 15.7. The van der Waals surface area contributed by atoms with Gasteiger partial charge >= 0.3 is 0 Å². The molecule has 74 valence electrons. The fourth-order valence-corrected chi connectivity index (χ4v) is 2.31. The average molecular weight is 198 g/mol. The lowest BCUT2D eigenvalue weighted by molar-refractivity contribution is 0.135. The Morgan fingerprint density at radius 1 is 1.31 bits per heavy atom. The van der Waals surface area contributed by atoms with Gasteiger partial charge < -0.3 is 5.11 Å². The van der Waals surface area contributed by atoms with Gasteiger partial charge in [0.25, 0.3) is 0 Å². The molecule has 0 spiro atoms. The summed E-state index contributed by atoms with van der Waals surface area (Å²) in [6.45, 7) is 6.13. The van der Waals surface area contributed by atoms with E-state index in [0.717, 1.165) is 12.8 Å². The SMILES string of the molecule is CCc1ccc(CC(C)C(C)O)s1. The van der Waals surface area contributed by atoms with Gasteiger partial charge in [-0.05, 0) is 37.8 Å². The second-order valence-corrected chi connectivity index (χ2v) is 4.90. The number of hydrogen-bond acceptors (Lipinski definition) is 2. The molecule has 0 aromatic carbocycles. The monoisotopic (exact) mass is 198 g/mol. The molecule has 1 rings (SSSR count). The van der Waals surface area contributed by atoms with Crippen molar-refractivity contribution in [3.63, 3.8) is 0 Å². The third kappa shape index (κ3) is 3.12. The van der Waals surface area contributed by atoms with Crippen molar-refractivity contribution in [1.29, 1.82) is 0 Å². The van der Waals surface area contributed by atoms with Crippen molar-refractivity contribution in [2.24, 2.45) is 5.92 Å². The molecule has 2 heteroatoms. The van der Waals surface area contributed by atoms with Crippen LogP contribution >= 0.6 is 11.3 Å². The summed E-state index contributed by atoms with van der Waals surface area (Å²) >= 11 is 1.87.